The van der Waals surface area contributed by atoms with Gasteiger partial charge >= 0.3 is 6.18 Å². The third-order valence-corrected chi connectivity index (χ3v) is 4.70. The van der Waals surface area contributed by atoms with Gasteiger partial charge in [0.2, 0.25) is 0 Å². The molecule has 3 aromatic rings. The molecule has 31 heavy (non-hydrogen) atoms. The van der Waals surface area contributed by atoms with Gasteiger partial charge in [-0.3, -0.25) is 9.59 Å². The predicted octanol–water partition coefficient (Wildman–Crippen LogP) is 4.99. The van der Waals surface area contributed by atoms with Crippen LogP contribution in [0.25, 0.3) is 6.08 Å². The predicted molar refractivity (Wildman–Crippen MR) is 117 cm³/mol. The average molecular weight is 540 g/mol. The summed E-state index contributed by atoms with van der Waals surface area (Å²) in [6.45, 7) is -0.156. The molecular formula is C22H16F3IN2O3. The Labute approximate surface area is 189 Å². The minimum absolute atomic E-state index is 0.105. The number of rotatable bonds is 6. The lowest BCUT2D eigenvalue weighted by molar-refractivity contribution is -0.137. The minimum atomic E-state index is -4.48. The van der Waals surface area contributed by atoms with E-state index >= 15 is 0 Å². The van der Waals surface area contributed by atoms with Gasteiger partial charge < -0.3 is 15.1 Å². The van der Waals surface area contributed by atoms with Gasteiger partial charge in [-0.2, -0.15) is 13.2 Å². The molecule has 2 amide bonds. The van der Waals surface area contributed by atoms with Crippen molar-refractivity contribution in [1.29, 1.82) is 0 Å². The van der Waals surface area contributed by atoms with Crippen molar-refractivity contribution in [2.24, 2.45) is 0 Å². The molecule has 9 heteroatoms. The zero-order valence-corrected chi connectivity index (χ0v) is 18.0. The van der Waals surface area contributed by atoms with Gasteiger partial charge in [-0.1, -0.05) is 30.3 Å². The smallest absolute Gasteiger partial charge is 0.416 e. The Morgan fingerprint density at radius 3 is 2.39 bits per heavy atom. The van der Waals surface area contributed by atoms with E-state index in [-0.39, 0.29) is 17.8 Å². The van der Waals surface area contributed by atoms with Crippen LogP contribution in [0.15, 0.2) is 76.8 Å². The Balaban J connectivity index is 1.78. The van der Waals surface area contributed by atoms with E-state index in [4.69, 9.17) is 4.42 Å². The Morgan fingerprint density at radius 2 is 1.74 bits per heavy atom. The van der Waals surface area contributed by atoms with Gasteiger partial charge in [0.1, 0.15) is 11.5 Å². The Kier molecular flexibility index (Phi) is 7.16. The lowest BCUT2D eigenvalue weighted by atomic mass is 10.1. The van der Waals surface area contributed by atoms with Crippen molar-refractivity contribution >= 4 is 40.5 Å². The van der Waals surface area contributed by atoms with Crippen molar-refractivity contribution in [3.63, 3.8) is 0 Å². The summed E-state index contributed by atoms with van der Waals surface area (Å²) >= 11 is 1.96. The molecule has 2 aromatic carbocycles. The molecule has 3 rings (SSSR count). The quantitative estimate of drug-likeness (QED) is 0.342. The first kappa shape index (κ1) is 22.6. The van der Waals surface area contributed by atoms with Crippen molar-refractivity contribution in [2.75, 3.05) is 0 Å². The molecule has 0 saturated carbocycles. The summed E-state index contributed by atoms with van der Waals surface area (Å²) in [5.41, 5.74) is -0.304. The van der Waals surface area contributed by atoms with E-state index in [1.165, 1.54) is 18.2 Å². The van der Waals surface area contributed by atoms with Crippen LogP contribution in [-0.2, 0) is 17.5 Å². The highest BCUT2D eigenvalue weighted by Crippen LogP contribution is 2.29. The summed E-state index contributed by atoms with van der Waals surface area (Å²) in [5.74, 6) is -0.850. The van der Waals surface area contributed by atoms with Gasteiger partial charge in [-0.15, -0.1) is 0 Å². The third kappa shape index (κ3) is 6.45. The molecule has 160 valence electrons. The number of nitrogens with one attached hydrogen (secondary N) is 2. The highest BCUT2D eigenvalue weighted by molar-refractivity contribution is 14.1. The molecule has 0 fully saturated rings. The molecule has 5 nitrogen and oxygen atoms in total. The average Bonchev–Trinajstić information content (AvgIpc) is 3.16. The van der Waals surface area contributed by atoms with E-state index in [1.54, 1.807) is 42.5 Å². The number of amides is 2. The number of hydrogen-bond donors (Lipinski definition) is 2. The van der Waals surface area contributed by atoms with Crippen LogP contribution >= 0.6 is 22.6 Å². The fourth-order valence-electron chi connectivity index (χ4n) is 2.63. The number of hydrogen-bond acceptors (Lipinski definition) is 3. The SMILES string of the molecule is O=C(NCc1cccc(C(F)(F)F)c1)C(=Cc1ccc(I)o1)NC(=O)c1ccccc1. The number of carbonyl (C=O) groups excluding carboxylic acids is 2. The van der Waals surface area contributed by atoms with Crippen LogP contribution in [0.2, 0.25) is 0 Å². The van der Waals surface area contributed by atoms with Crippen LogP contribution in [0.1, 0.15) is 27.2 Å². The van der Waals surface area contributed by atoms with Crippen LogP contribution in [0.3, 0.4) is 0 Å². The molecule has 0 aliphatic rings. The fraction of sp³-hybridized carbons (Fsp3) is 0.0909. The summed E-state index contributed by atoms with van der Waals surface area (Å²) < 4.78 is 44.7. The second-order valence-electron chi connectivity index (χ2n) is 6.40. The Hall–Kier alpha value is -3.08. The van der Waals surface area contributed by atoms with E-state index in [2.05, 4.69) is 10.6 Å². The number of halogens is 4. The molecule has 0 aliphatic carbocycles. The van der Waals surface area contributed by atoms with Crippen LogP contribution in [0, 0.1) is 3.77 Å². The lowest BCUT2D eigenvalue weighted by Gasteiger charge is -2.12. The van der Waals surface area contributed by atoms with Crippen molar-refractivity contribution in [3.8, 4) is 0 Å². The second-order valence-corrected chi connectivity index (χ2v) is 7.46. The highest BCUT2D eigenvalue weighted by Gasteiger charge is 2.30. The van der Waals surface area contributed by atoms with Crippen molar-refractivity contribution in [2.45, 2.75) is 12.7 Å². The number of alkyl halides is 3. The zero-order valence-electron chi connectivity index (χ0n) is 15.9. The zero-order chi connectivity index (χ0) is 22.4. The summed E-state index contributed by atoms with van der Waals surface area (Å²) in [4.78, 5) is 25.2. The van der Waals surface area contributed by atoms with Crippen molar-refractivity contribution in [3.05, 3.63) is 98.6 Å². The number of benzene rings is 2. The van der Waals surface area contributed by atoms with Crippen LogP contribution in [0.5, 0.6) is 0 Å². The minimum Gasteiger partial charge on any atom is -0.451 e. The molecule has 0 bridgehead atoms. The maximum Gasteiger partial charge on any atom is 0.416 e. The first-order valence-electron chi connectivity index (χ1n) is 9.00. The van der Waals surface area contributed by atoms with E-state index < -0.39 is 23.6 Å². The van der Waals surface area contributed by atoms with Crippen LogP contribution in [-0.4, -0.2) is 11.8 Å². The normalized spacial score (nSPS) is 11.8. The largest absolute Gasteiger partial charge is 0.451 e. The molecule has 0 aliphatic heterocycles. The third-order valence-electron chi connectivity index (χ3n) is 4.12. The Bertz CT molecular complexity index is 1110. The van der Waals surface area contributed by atoms with E-state index in [0.717, 1.165) is 12.1 Å². The van der Waals surface area contributed by atoms with Gasteiger partial charge in [0, 0.05) is 18.2 Å². The Morgan fingerprint density at radius 1 is 1.00 bits per heavy atom. The van der Waals surface area contributed by atoms with Gasteiger partial charge in [0.25, 0.3) is 11.8 Å². The number of carbonyl (C=O) groups is 2. The standard InChI is InChI=1S/C22H16F3IN2O3/c23-22(24,25)16-8-4-5-14(11-16)13-27-21(30)18(12-17-9-10-19(26)31-17)28-20(29)15-6-2-1-3-7-15/h1-12H,13H2,(H,27,30)(H,28,29). The summed E-state index contributed by atoms with van der Waals surface area (Å²) in [5, 5.41) is 5.06. The summed E-state index contributed by atoms with van der Waals surface area (Å²) in [6.07, 6.45) is -3.13. The van der Waals surface area contributed by atoms with Crippen LogP contribution < -0.4 is 10.6 Å². The molecule has 0 radical (unpaired) electrons. The molecular weight excluding hydrogens is 524 g/mol. The van der Waals surface area contributed by atoms with Crippen LogP contribution in [0.4, 0.5) is 13.2 Å². The molecule has 2 N–H and O–H groups in total. The molecule has 0 saturated heterocycles. The fourth-order valence-corrected chi connectivity index (χ4v) is 3.06. The van der Waals surface area contributed by atoms with E-state index in [1.807, 2.05) is 22.6 Å². The highest BCUT2D eigenvalue weighted by atomic mass is 127. The van der Waals surface area contributed by atoms with Crippen molar-refractivity contribution in [1.82, 2.24) is 10.6 Å². The summed E-state index contributed by atoms with van der Waals surface area (Å²) in [7, 11) is 0. The second kappa shape index (κ2) is 9.82. The van der Waals surface area contributed by atoms with Gasteiger partial charge in [-0.25, -0.2) is 0 Å². The topological polar surface area (TPSA) is 71.3 Å². The monoisotopic (exact) mass is 540 g/mol. The summed E-state index contributed by atoms with van der Waals surface area (Å²) in [6, 6.07) is 16.2. The van der Waals surface area contributed by atoms with Gasteiger partial charge in [-0.05, 0) is 64.6 Å². The number of furan rings is 1. The lowest BCUT2D eigenvalue weighted by Crippen LogP contribution is -2.34. The van der Waals surface area contributed by atoms with E-state index in [0.29, 0.717) is 15.1 Å². The molecule has 0 unspecified atom stereocenters. The maximum atomic E-state index is 12.9. The molecule has 0 atom stereocenters. The maximum absolute atomic E-state index is 12.9. The van der Waals surface area contributed by atoms with Gasteiger partial charge in [0.05, 0.1) is 5.56 Å². The van der Waals surface area contributed by atoms with Crippen molar-refractivity contribution < 1.29 is 27.2 Å². The van der Waals surface area contributed by atoms with E-state index in [9.17, 15) is 22.8 Å². The first-order valence-corrected chi connectivity index (χ1v) is 10.1. The first-order chi connectivity index (χ1) is 14.7. The molecule has 1 aromatic heterocycles. The molecule has 1 heterocycles. The van der Waals surface area contributed by atoms with Gasteiger partial charge in [0.15, 0.2) is 3.77 Å². The molecule has 0 spiro atoms.